The van der Waals surface area contributed by atoms with Crippen LogP contribution in [0.5, 0.6) is 0 Å². The lowest BCUT2D eigenvalue weighted by atomic mass is 9.50. The number of allylic oxidation sites excluding steroid dienone is 2. The number of aliphatic hydroxyl groups excluding tert-OH is 2. The Morgan fingerprint density at radius 2 is 1.80 bits per heavy atom. The average Bonchev–Trinajstić information content (AvgIpc) is 3.81. The summed E-state index contributed by atoms with van der Waals surface area (Å²) in [7, 11) is 0. The van der Waals surface area contributed by atoms with Crippen LogP contribution in [0.3, 0.4) is 0 Å². The van der Waals surface area contributed by atoms with Gasteiger partial charge in [-0.2, -0.15) is 0 Å². The van der Waals surface area contributed by atoms with E-state index < -0.39 is 64.5 Å². The molecule has 6 fully saturated rings. The summed E-state index contributed by atoms with van der Waals surface area (Å²) < 4.78 is 42.6. The Hall–Kier alpha value is -1.86. The number of fused-ring (bicyclic) bond motifs is 3. The van der Waals surface area contributed by atoms with Gasteiger partial charge in [0, 0.05) is 17.9 Å². The highest BCUT2D eigenvalue weighted by Crippen LogP contribution is 2.75. The van der Waals surface area contributed by atoms with E-state index in [4.69, 9.17) is 33.2 Å². The molecule has 0 aromatic carbocycles. The monoisotopic (exact) mass is 562 g/mol. The molecule has 5 heterocycles. The van der Waals surface area contributed by atoms with Gasteiger partial charge < -0.3 is 43.4 Å². The van der Waals surface area contributed by atoms with E-state index in [1.165, 1.54) is 12.2 Å². The normalized spacial score (nSPS) is 56.4. The molecule has 7 rings (SSSR count). The van der Waals surface area contributed by atoms with E-state index in [-0.39, 0.29) is 37.1 Å². The molecule has 11 heteroatoms. The van der Waals surface area contributed by atoms with Gasteiger partial charge in [-0.15, -0.1) is 0 Å². The molecule has 4 saturated heterocycles. The number of cyclic esters (lactones) is 1. The molecule has 2 bridgehead atoms. The molecule has 5 aliphatic heterocycles. The third kappa shape index (κ3) is 3.55. The van der Waals surface area contributed by atoms with Gasteiger partial charge in [-0.05, 0) is 33.6 Å². The van der Waals surface area contributed by atoms with Crippen LogP contribution in [0.4, 0.5) is 0 Å². The molecule has 2 spiro atoms. The first-order valence-electron chi connectivity index (χ1n) is 14.3. The Bertz CT molecular complexity index is 1160. The van der Waals surface area contributed by atoms with Gasteiger partial charge in [-0.1, -0.05) is 25.2 Å². The van der Waals surface area contributed by atoms with Crippen molar-refractivity contribution < 1.29 is 53.0 Å². The zero-order valence-corrected chi connectivity index (χ0v) is 23.2. The third-order valence-electron chi connectivity index (χ3n) is 11.1. The van der Waals surface area contributed by atoms with E-state index in [9.17, 15) is 19.8 Å². The molecule has 7 aliphatic rings. The van der Waals surface area contributed by atoms with Crippen molar-refractivity contribution in [1.82, 2.24) is 0 Å². The molecule has 2 saturated carbocycles. The molecule has 220 valence electrons. The van der Waals surface area contributed by atoms with E-state index in [0.29, 0.717) is 19.4 Å². The Morgan fingerprint density at radius 1 is 1.02 bits per heavy atom. The molecule has 13 unspecified atom stereocenters. The van der Waals surface area contributed by atoms with Crippen LogP contribution in [0.2, 0.25) is 0 Å². The molecule has 0 aromatic rings. The van der Waals surface area contributed by atoms with Gasteiger partial charge in [0.25, 0.3) is 0 Å². The van der Waals surface area contributed by atoms with E-state index in [2.05, 4.69) is 13.8 Å². The Balaban J connectivity index is 1.25. The lowest BCUT2D eigenvalue weighted by Crippen LogP contribution is -2.69. The summed E-state index contributed by atoms with van der Waals surface area (Å²) in [6.45, 7) is 7.67. The fraction of sp³-hybridized carbons (Fsp3) is 0.793. The van der Waals surface area contributed by atoms with Crippen molar-refractivity contribution in [2.45, 2.75) is 113 Å². The molecule has 2 aliphatic carbocycles. The third-order valence-corrected chi connectivity index (χ3v) is 11.1. The number of rotatable bonds is 1. The maximum atomic E-state index is 13.4. The van der Waals surface area contributed by atoms with Crippen LogP contribution >= 0.6 is 0 Å². The molecule has 13 atom stereocenters. The van der Waals surface area contributed by atoms with Gasteiger partial charge in [0.1, 0.15) is 42.2 Å². The van der Waals surface area contributed by atoms with E-state index in [1.54, 1.807) is 26.0 Å². The van der Waals surface area contributed by atoms with Crippen LogP contribution in [0.1, 0.15) is 47.0 Å². The quantitative estimate of drug-likeness (QED) is 0.344. The van der Waals surface area contributed by atoms with E-state index >= 15 is 0 Å². The highest BCUT2D eigenvalue weighted by atomic mass is 16.7. The number of ether oxygens (including phenoxy) is 7. The van der Waals surface area contributed by atoms with Crippen molar-refractivity contribution in [3.05, 3.63) is 24.3 Å². The summed E-state index contributed by atoms with van der Waals surface area (Å²) in [5.74, 6) is -1.10. The van der Waals surface area contributed by atoms with Gasteiger partial charge in [0.15, 0.2) is 6.10 Å². The first-order valence-corrected chi connectivity index (χ1v) is 14.3. The lowest BCUT2D eigenvalue weighted by molar-refractivity contribution is -0.251. The highest BCUT2D eigenvalue weighted by Gasteiger charge is 2.86. The van der Waals surface area contributed by atoms with Crippen molar-refractivity contribution in [3.63, 3.8) is 0 Å². The van der Waals surface area contributed by atoms with Crippen molar-refractivity contribution >= 4 is 11.9 Å². The van der Waals surface area contributed by atoms with Crippen molar-refractivity contribution in [2.75, 3.05) is 19.8 Å². The summed E-state index contributed by atoms with van der Waals surface area (Å²) in [6, 6.07) is 0. The second kappa shape index (κ2) is 8.59. The number of hydrogen-bond donors (Lipinski definition) is 2. The maximum absolute atomic E-state index is 13.4. The lowest BCUT2D eigenvalue weighted by Gasteiger charge is -2.58. The van der Waals surface area contributed by atoms with Crippen LogP contribution in [0.25, 0.3) is 0 Å². The topological polar surface area (TPSA) is 149 Å². The smallest absolute Gasteiger partial charge is 0.338 e. The molecular weight excluding hydrogens is 524 g/mol. The van der Waals surface area contributed by atoms with Gasteiger partial charge in [0.05, 0.1) is 42.5 Å². The SMILES string of the molecule is CC(O)C1C=C/C=C\C(=O)OC2CC3OC4C5OC5(C)CCC4(COC(=O)C4OC4(C)C(O)CO1)C2(C)C31CO1. The molecular formula is C29H38O11. The van der Waals surface area contributed by atoms with Gasteiger partial charge in [-0.3, -0.25) is 0 Å². The minimum atomic E-state index is -1.18. The first kappa shape index (κ1) is 27.0. The van der Waals surface area contributed by atoms with E-state index in [1.807, 2.05) is 0 Å². The fourth-order valence-corrected chi connectivity index (χ4v) is 8.09. The number of epoxide rings is 3. The molecule has 2 N–H and O–H groups in total. The molecule has 40 heavy (non-hydrogen) atoms. The maximum Gasteiger partial charge on any atom is 0.338 e. The summed E-state index contributed by atoms with van der Waals surface area (Å²) in [6.07, 6.45) is 2.83. The average molecular weight is 563 g/mol. The number of hydrogen-bond acceptors (Lipinski definition) is 11. The van der Waals surface area contributed by atoms with Gasteiger partial charge in [-0.25, -0.2) is 9.59 Å². The Morgan fingerprint density at radius 3 is 2.52 bits per heavy atom. The highest BCUT2D eigenvalue weighted by molar-refractivity contribution is 5.82. The van der Waals surface area contributed by atoms with Crippen LogP contribution < -0.4 is 0 Å². The zero-order chi connectivity index (χ0) is 28.3. The number of carbonyl (C=O) groups excluding carboxylic acids is 2. The summed E-state index contributed by atoms with van der Waals surface area (Å²) in [5, 5.41) is 20.9. The molecule has 11 nitrogen and oxygen atoms in total. The van der Waals surface area contributed by atoms with Crippen molar-refractivity contribution in [2.24, 2.45) is 10.8 Å². The fourth-order valence-electron chi connectivity index (χ4n) is 8.09. The first-order chi connectivity index (χ1) is 18.9. The molecule has 0 radical (unpaired) electrons. The zero-order valence-electron chi connectivity index (χ0n) is 23.2. The largest absolute Gasteiger partial charge is 0.463 e. The van der Waals surface area contributed by atoms with Gasteiger partial charge >= 0.3 is 11.9 Å². The summed E-state index contributed by atoms with van der Waals surface area (Å²) in [5.41, 5.74) is -3.54. The second-order valence-electron chi connectivity index (χ2n) is 13.2. The standard InChI is InChI=1S/C29H38O11/c1-15(30)16-7-5-6-8-20(32)37-18-11-19-29(14-36-29)27(18,4)28(10-9-25(2)21(39-25)22(28)38-19)13-35-24(33)23-26(3,40-23)17(31)12-34-16/h5-8,15-19,21-23,30-31H,9-14H2,1-4H3/b7-5?,8-6-. The van der Waals surface area contributed by atoms with Crippen molar-refractivity contribution in [1.29, 1.82) is 0 Å². The number of carbonyl (C=O) groups is 2. The summed E-state index contributed by atoms with van der Waals surface area (Å²) >= 11 is 0. The minimum Gasteiger partial charge on any atom is -0.463 e. The number of esters is 2. The van der Waals surface area contributed by atoms with E-state index in [0.717, 1.165) is 6.42 Å². The van der Waals surface area contributed by atoms with Crippen LogP contribution in [-0.2, 0) is 42.7 Å². The second-order valence-corrected chi connectivity index (χ2v) is 13.2. The summed E-state index contributed by atoms with van der Waals surface area (Å²) in [4.78, 5) is 26.4. The Labute approximate surface area is 232 Å². The van der Waals surface area contributed by atoms with Crippen molar-refractivity contribution in [3.8, 4) is 0 Å². The predicted octanol–water partition coefficient (Wildman–Crippen LogP) is 0.736. The molecule has 0 amide bonds. The molecule has 0 aromatic heterocycles. The van der Waals surface area contributed by atoms with Crippen LogP contribution in [0, 0.1) is 10.8 Å². The van der Waals surface area contributed by atoms with Crippen LogP contribution in [0.15, 0.2) is 24.3 Å². The van der Waals surface area contributed by atoms with Crippen LogP contribution in [-0.4, -0.2) is 108 Å². The Kier molecular flexibility index (Phi) is 5.80. The predicted molar refractivity (Wildman–Crippen MR) is 135 cm³/mol. The minimum absolute atomic E-state index is 0.0139. The van der Waals surface area contributed by atoms with Gasteiger partial charge in [0.2, 0.25) is 0 Å². The number of aliphatic hydroxyl groups is 2.